The highest BCUT2D eigenvalue weighted by Gasteiger charge is 2.43. The molecule has 170 valence electrons. The van der Waals surface area contributed by atoms with E-state index in [2.05, 4.69) is 31.9 Å². The molecule has 3 saturated heterocycles. The van der Waals surface area contributed by atoms with E-state index in [1.165, 1.54) is 0 Å². The zero-order chi connectivity index (χ0) is 22.0. The minimum absolute atomic E-state index is 0.0800. The number of carbonyl (C=O) groups excluding carboxylic acids is 1. The van der Waals surface area contributed by atoms with Crippen molar-refractivity contribution in [1.82, 2.24) is 19.8 Å². The third-order valence-corrected chi connectivity index (χ3v) is 7.39. The number of rotatable bonds is 3. The van der Waals surface area contributed by atoms with E-state index >= 15 is 0 Å². The molecule has 3 aliphatic rings. The third kappa shape index (κ3) is 4.50. The summed E-state index contributed by atoms with van der Waals surface area (Å²) in [5, 5.41) is 0. The van der Waals surface area contributed by atoms with Crippen LogP contribution in [-0.2, 0) is 4.74 Å². The number of aromatic nitrogens is 2. The van der Waals surface area contributed by atoms with E-state index in [1.54, 1.807) is 6.20 Å². The molecule has 1 amide bonds. The van der Waals surface area contributed by atoms with Crippen molar-refractivity contribution in [1.29, 1.82) is 0 Å². The molecule has 7 heteroatoms. The van der Waals surface area contributed by atoms with E-state index in [-0.39, 0.29) is 11.5 Å². The molecule has 0 saturated carbocycles. The maximum Gasteiger partial charge on any atom is 0.255 e. The number of carbonyl (C=O) groups is 1. The van der Waals surface area contributed by atoms with Gasteiger partial charge in [0.25, 0.3) is 5.91 Å². The summed E-state index contributed by atoms with van der Waals surface area (Å²) in [6.07, 6.45) is 7.58. The normalized spacial score (nSPS) is 24.0. The van der Waals surface area contributed by atoms with Gasteiger partial charge in [-0.2, -0.15) is 0 Å². The molecule has 32 heavy (non-hydrogen) atoms. The number of hydrogen-bond donors (Lipinski definition) is 0. The van der Waals surface area contributed by atoms with E-state index in [0.29, 0.717) is 11.6 Å². The Labute approximate surface area is 190 Å². The van der Waals surface area contributed by atoms with E-state index in [1.807, 2.05) is 36.2 Å². The molecule has 2 aromatic heterocycles. The number of aryl methyl sites for hydroxylation is 1. The summed E-state index contributed by atoms with van der Waals surface area (Å²) >= 11 is 0. The van der Waals surface area contributed by atoms with Gasteiger partial charge in [-0.05, 0) is 56.9 Å². The predicted molar refractivity (Wildman–Crippen MR) is 124 cm³/mol. The van der Waals surface area contributed by atoms with Gasteiger partial charge in [-0.1, -0.05) is 6.07 Å². The van der Waals surface area contributed by atoms with Gasteiger partial charge in [0.05, 0.1) is 11.2 Å². The highest BCUT2D eigenvalue weighted by atomic mass is 16.5. The van der Waals surface area contributed by atoms with Crippen molar-refractivity contribution in [2.24, 2.45) is 0 Å². The Bertz CT molecular complexity index is 904. The Morgan fingerprint density at radius 1 is 1.03 bits per heavy atom. The lowest BCUT2D eigenvalue weighted by Gasteiger charge is -2.49. The number of pyridine rings is 2. The molecule has 0 unspecified atom stereocenters. The monoisotopic (exact) mass is 435 g/mol. The lowest BCUT2D eigenvalue weighted by Crippen LogP contribution is -2.57. The number of anilines is 1. The molecule has 1 spiro atoms. The summed E-state index contributed by atoms with van der Waals surface area (Å²) in [7, 11) is 0. The maximum absolute atomic E-state index is 12.9. The zero-order valence-electron chi connectivity index (χ0n) is 18.9. The van der Waals surface area contributed by atoms with Gasteiger partial charge in [0.2, 0.25) is 0 Å². The van der Waals surface area contributed by atoms with Crippen LogP contribution in [0.3, 0.4) is 0 Å². The molecule has 3 aliphatic heterocycles. The van der Waals surface area contributed by atoms with Crippen molar-refractivity contribution in [2.75, 3.05) is 50.8 Å². The molecule has 0 radical (unpaired) electrons. The molecular weight excluding hydrogens is 402 g/mol. The predicted octanol–water partition coefficient (Wildman–Crippen LogP) is 2.76. The number of nitrogens with zero attached hydrogens (tertiary/aromatic N) is 5. The van der Waals surface area contributed by atoms with Crippen LogP contribution >= 0.6 is 0 Å². The fourth-order valence-corrected chi connectivity index (χ4v) is 5.41. The first-order valence-corrected chi connectivity index (χ1v) is 11.9. The summed E-state index contributed by atoms with van der Waals surface area (Å²) < 4.78 is 6.37. The Morgan fingerprint density at radius 3 is 2.53 bits per heavy atom. The van der Waals surface area contributed by atoms with Gasteiger partial charge in [-0.25, -0.2) is 4.98 Å². The van der Waals surface area contributed by atoms with Gasteiger partial charge in [-0.15, -0.1) is 0 Å². The molecule has 1 atom stereocenters. The van der Waals surface area contributed by atoms with Crippen LogP contribution in [0.15, 0.2) is 42.7 Å². The van der Waals surface area contributed by atoms with Gasteiger partial charge in [0.1, 0.15) is 5.82 Å². The quantitative estimate of drug-likeness (QED) is 0.739. The summed E-state index contributed by atoms with van der Waals surface area (Å²) in [6, 6.07) is 10.5. The van der Waals surface area contributed by atoms with Gasteiger partial charge in [0, 0.05) is 70.0 Å². The summed E-state index contributed by atoms with van der Waals surface area (Å²) in [5.74, 6) is 1.17. The van der Waals surface area contributed by atoms with Crippen molar-refractivity contribution in [2.45, 2.75) is 44.2 Å². The zero-order valence-corrected chi connectivity index (χ0v) is 18.9. The second-order valence-electron chi connectivity index (χ2n) is 9.37. The number of amides is 1. The second-order valence-corrected chi connectivity index (χ2v) is 9.37. The van der Waals surface area contributed by atoms with Crippen molar-refractivity contribution < 1.29 is 9.53 Å². The van der Waals surface area contributed by atoms with Crippen molar-refractivity contribution >= 4 is 11.7 Å². The highest BCUT2D eigenvalue weighted by Crippen LogP contribution is 2.37. The third-order valence-electron chi connectivity index (χ3n) is 7.39. The minimum Gasteiger partial charge on any atom is -0.375 e. The van der Waals surface area contributed by atoms with E-state index in [9.17, 15) is 4.79 Å². The first-order valence-electron chi connectivity index (χ1n) is 11.9. The van der Waals surface area contributed by atoms with Gasteiger partial charge < -0.3 is 14.5 Å². The number of piperazine rings is 1. The Morgan fingerprint density at radius 2 is 1.84 bits per heavy atom. The van der Waals surface area contributed by atoms with Crippen LogP contribution < -0.4 is 4.90 Å². The van der Waals surface area contributed by atoms with Crippen LogP contribution in [0, 0.1) is 6.92 Å². The highest BCUT2D eigenvalue weighted by molar-refractivity contribution is 5.94. The van der Waals surface area contributed by atoms with Crippen molar-refractivity contribution in [3.05, 3.63) is 54.0 Å². The molecular formula is C25H33N5O2. The smallest absolute Gasteiger partial charge is 0.255 e. The van der Waals surface area contributed by atoms with Crippen LogP contribution in [0.4, 0.5) is 5.82 Å². The standard InChI is InChI=1S/C25H33N5O2/c1-20-5-6-21(19-27-20)24(31)30-11-8-25(9-12-30)18-22(7-17-32-25)28-13-15-29(16-14-28)23-4-2-3-10-26-23/h2-6,10,19,22H,7-9,11-18H2,1H3/t22-/m0/s1. The Kier molecular flexibility index (Phi) is 6.11. The van der Waals surface area contributed by atoms with Gasteiger partial charge in [-0.3, -0.25) is 14.7 Å². The summed E-state index contributed by atoms with van der Waals surface area (Å²) in [4.78, 5) is 28.7. The Balaban J connectivity index is 1.15. The molecule has 3 fully saturated rings. The SMILES string of the molecule is Cc1ccc(C(=O)N2CCC3(CC2)C[C@@H](N2CCN(c4ccccn4)CC2)CCO3)cn1. The van der Waals surface area contributed by atoms with E-state index in [4.69, 9.17) is 4.74 Å². The lowest BCUT2D eigenvalue weighted by atomic mass is 9.81. The van der Waals surface area contributed by atoms with Crippen molar-refractivity contribution in [3.63, 3.8) is 0 Å². The molecule has 0 aliphatic carbocycles. The first-order chi connectivity index (χ1) is 15.6. The number of hydrogen-bond acceptors (Lipinski definition) is 6. The molecule has 7 nitrogen and oxygen atoms in total. The van der Waals surface area contributed by atoms with Crippen LogP contribution in [-0.4, -0.2) is 83.2 Å². The second kappa shape index (κ2) is 9.16. The van der Waals surface area contributed by atoms with E-state index < -0.39 is 0 Å². The van der Waals surface area contributed by atoms with Crippen molar-refractivity contribution in [3.8, 4) is 0 Å². The largest absolute Gasteiger partial charge is 0.375 e. The average molecular weight is 436 g/mol. The van der Waals surface area contributed by atoms with E-state index in [0.717, 1.165) is 83.1 Å². The molecule has 0 bridgehead atoms. The van der Waals surface area contributed by atoms with Crippen LogP contribution in [0.25, 0.3) is 0 Å². The van der Waals surface area contributed by atoms with Crippen LogP contribution in [0.1, 0.15) is 41.7 Å². The summed E-state index contributed by atoms with van der Waals surface area (Å²) in [5.41, 5.74) is 1.53. The van der Waals surface area contributed by atoms with Gasteiger partial charge in [0.15, 0.2) is 0 Å². The fraction of sp³-hybridized carbons (Fsp3) is 0.560. The molecule has 2 aromatic rings. The topological polar surface area (TPSA) is 61.8 Å². The molecule has 5 heterocycles. The molecule has 5 rings (SSSR count). The fourth-order valence-electron chi connectivity index (χ4n) is 5.41. The van der Waals surface area contributed by atoms with Crippen LogP contribution in [0.5, 0.6) is 0 Å². The molecule has 0 aromatic carbocycles. The minimum atomic E-state index is -0.0800. The molecule has 0 N–H and O–H groups in total. The number of likely N-dealkylation sites (tertiary alicyclic amines) is 1. The van der Waals surface area contributed by atoms with Crippen LogP contribution in [0.2, 0.25) is 0 Å². The van der Waals surface area contributed by atoms with Gasteiger partial charge >= 0.3 is 0 Å². The maximum atomic E-state index is 12.9. The number of piperidine rings is 1. The Hall–Kier alpha value is -2.51. The lowest BCUT2D eigenvalue weighted by molar-refractivity contribution is -0.130. The average Bonchev–Trinajstić information content (AvgIpc) is 2.85. The first kappa shape index (κ1) is 21.3. The summed E-state index contributed by atoms with van der Waals surface area (Å²) in [6.45, 7) is 8.46. The number of ether oxygens (including phenoxy) is 1.